The van der Waals surface area contributed by atoms with E-state index < -0.39 is 0 Å². The van der Waals surface area contributed by atoms with Crippen molar-refractivity contribution in [2.24, 2.45) is 0 Å². The molecule has 0 saturated heterocycles. The summed E-state index contributed by atoms with van der Waals surface area (Å²) in [5.41, 5.74) is 1.25. The van der Waals surface area contributed by atoms with Crippen LogP contribution in [0.4, 0.5) is 0 Å². The zero-order valence-electron chi connectivity index (χ0n) is 10.1. The molecule has 0 radical (unpaired) electrons. The Kier molecular flexibility index (Phi) is 3.96. The summed E-state index contributed by atoms with van der Waals surface area (Å²) in [7, 11) is 1.81. The molecule has 1 aliphatic rings. The van der Waals surface area contributed by atoms with Crippen LogP contribution in [-0.2, 0) is 17.8 Å². The first kappa shape index (κ1) is 11.6. The minimum absolute atomic E-state index is 0.390. The Morgan fingerprint density at radius 2 is 2.44 bits per heavy atom. The average Bonchev–Trinajstić information content (AvgIpc) is 2.94. The minimum atomic E-state index is 0.390. The summed E-state index contributed by atoms with van der Waals surface area (Å²) >= 11 is 0. The van der Waals surface area contributed by atoms with Crippen molar-refractivity contribution in [3.05, 3.63) is 18.0 Å². The van der Waals surface area contributed by atoms with Gasteiger partial charge in [0.2, 0.25) is 0 Å². The molecule has 4 nitrogen and oxygen atoms in total. The molecular weight excluding hydrogens is 202 g/mol. The largest absolute Gasteiger partial charge is 0.380 e. The van der Waals surface area contributed by atoms with Gasteiger partial charge in [0.05, 0.1) is 12.3 Å². The van der Waals surface area contributed by atoms with Crippen molar-refractivity contribution in [3.8, 4) is 0 Å². The Hall–Kier alpha value is -0.870. The van der Waals surface area contributed by atoms with Gasteiger partial charge in [-0.15, -0.1) is 0 Å². The van der Waals surface area contributed by atoms with Crippen molar-refractivity contribution >= 4 is 0 Å². The zero-order valence-corrected chi connectivity index (χ0v) is 10.1. The predicted molar refractivity (Wildman–Crippen MR) is 63.2 cm³/mol. The molecule has 1 aliphatic carbocycles. The van der Waals surface area contributed by atoms with E-state index in [1.165, 1.54) is 24.8 Å². The van der Waals surface area contributed by atoms with Crippen molar-refractivity contribution in [1.82, 2.24) is 15.1 Å². The van der Waals surface area contributed by atoms with Crippen molar-refractivity contribution in [1.29, 1.82) is 0 Å². The van der Waals surface area contributed by atoms with Crippen LogP contribution in [0.25, 0.3) is 0 Å². The van der Waals surface area contributed by atoms with Gasteiger partial charge in [-0.3, -0.25) is 4.68 Å². The Labute approximate surface area is 97.0 Å². The summed E-state index contributed by atoms with van der Waals surface area (Å²) in [6.45, 7) is 3.93. The molecule has 90 valence electrons. The lowest BCUT2D eigenvalue weighted by Crippen LogP contribution is -2.36. The molecule has 1 heterocycles. The van der Waals surface area contributed by atoms with E-state index in [0.717, 1.165) is 13.1 Å². The smallest absolute Gasteiger partial charge is 0.0724 e. The predicted octanol–water partition coefficient (Wildman–Crippen LogP) is 1.56. The third-order valence-corrected chi connectivity index (χ3v) is 3.33. The molecule has 1 N–H and O–H groups in total. The molecule has 2 unspecified atom stereocenters. The van der Waals surface area contributed by atoms with Crippen LogP contribution in [0.3, 0.4) is 0 Å². The van der Waals surface area contributed by atoms with Gasteiger partial charge in [0.1, 0.15) is 0 Å². The highest BCUT2D eigenvalue weighted by Crippen LogP contribution is 2.21. The molecule has 1 fully saturated rings. The monoisotopic (exact) mass is 223 g/mol. The number of hydrogen-bond acceptors (Lipinski definition) is 3. The van der Waals surface area contributed by atoms with E-state index in [9.17, 15) is 0 Å². The Morgan fingerprint density at radius 1 is 1.56 bits per heavy atom. The van der Waals surface area contributed by atoms with Crippen LogP contribution in [0.5, 0.6) is 0 Å². The van der Waals surface area contributed by atoms with Gasteiger partial charge in [0, 0.05) is 38.0 Å². The first-order valence-electron chi connectivity index (χ1n) is 6.11. The number of ether oxygens (including phenoxy) is 1. The molecule has 0 bridgehead atoms. The van der Waals surface area contributed by atoms with Crippen molar-refractivity contribution in [3.63, 3.8) is 0 Å². The fourth-order valence-corrected chi connectivity index (χ4v) is 2.36. The molecule has 2 rings (SSSR count). The minimum Gasteiger partial charge on any atom is -0.380 e. The van der Waals surface area contributed by atoms with Gasteiger partial charge in [0.15, 0.2) is 0 Å². The van der Waals surface area contributed by atoms with Crippen LogP contribution < -0.4 is 5.32 Å². The molecule has 16 heavy (non-hydrogen) atoms. The second-order valence-electron chi connectivity index (χ2n) is 4.40. The average molecular weight is 223 g/mol. The number of hydrogen-bond donors (Lipinski definition) is 1. The standard InChI is InChI=1S/C12H21N3O/c1-3-15-9-10(8-14-15)7-13-11-5-4-6-12(11)16-2/h8-9,11-13H,3-7H2,1-2H3. The SMILES string of the molecule is CCn1cc(CNC2CCCC2OC)cn1. The second-order valence-corrected chi connectivity index (χ2v) is 4.40. The molecule has 4 heteroatoms. The fourth-order valence-electron chi connectivity index (χ4n) is 2.36. The molecule has 0 aliphatic heterocycles. The highest BCUT2D eigenvalue weighted by molar-refractivity contribution is 5.04. The lowest BCUT2D eigenvalue weighted by Gasteiger charge is -2.19. The van der Waals surface area contributed by atoms with Crippen LogP contribution in [-0.4, -0.2) is 29.0 Å². The van der Waals surface area contributed by atoms with E-state index in [1.54, 1.807) is 7.11 Å². The van der Waals surface area contributed by atoms with Gasteiger partial charge in [-0.2, -0.15) is 5.10 Å². The van der Waals surface area contributed by atoms with E-state index in [0.29, 0.717) is 12.1 Å². The molecule has 0 amide bonds. The van der Waals surface area contributed by atoms with Gasteiger partial charge in [-0.1, -0.05) is 0 Å². The lowest BCUT2D eigenvalue weighted by atomic mass is 10.2. The molecule has 2 atom stereocenters. The highest BCUT2D eigenvalue weighted by Gasteiger charge is 2.26. The Bertz CT molecular complexity index is 324. The maximum Gasteiger partial charge on any atom is 0.0724 e. The number of aryl methyl sites for hydroxylation is 1. The molecule has 1 saturated carbocycles. The summed E-state index contributed by atoms with van der Waals surface area (Å²) in [5.74, 6) is 0. The van der Waals surface area contributed by atoms with Gasteiger partial charge < -0.3 is 10.1 Å². The fraction of sp³-hybridized carbons (Fsp3) is 0.750. The summed E-state index contributed by atoms with van der Waals surface area (Å²) in [6.07, 6.45) is 8.10. The third-order valence-electron chi connectivity index (χ3n) is 3.33. The summed E-state index contributed by atoms with van der Waals surface area (Å²) < 4.78 is 7.41. The van der Waals surface area contributed by atoms with E-state index in [1.807, 2.05) is 10.9 Å². The summed E-state index contributed by atoms with van der Waals surface area (Å²) in [5, 5.41) is 7.82. The van der Waals surface area contributed by atoms with Crippen LogP contribution in [0, 0.1) is 0 Å². The first-order chi connectivity index (χ1) is 7.83. The molecule has 1 aromatic rings. The highest BCUT2D eigenvalue weighted by atomic mass is 16.5. The molecule has 0 aromatic carbocycles. The second kappa shape index (κ2) is 5.46. The lowest BCUT2D eigenvalue weighted by molar-refractivity contribution is 0.0847. The van der Waals surface area contributed by atoms with Gasteiger partial charge >= 0.3 is 0 Å². The number of nitrogens with one attached hydrogen (secondary N) is 1. The van der Waals surface area contributed by atoms with Crippen LogP contribution in [0.15, 0.2) is 12.4 Å². The summed E-state index contributed by atoms with van der Waals surface area (Å²) in [4.78, 5) is 0. The quantitative estimate of drug-likeness (QED) is 0.823. The normalized spacial score (nSPS) is 25.1. The number of rotatable bonds is 5. The zero-order chi connectivity index (χ0) is 11.4. The van der Waals surface area contributed by atoms with E-state index >= 15 is 0 Å². The van der Waals surface area contributed by atoms with Gasteiger partial charge in [0.25, 0.3) is 0 Å². The molecule has 0 spiro atoms. The maximum absolute atomic E-state index is 5.46. The van der Waals surface area contributed by atoms with Gasteiger partial charge in [-0.25, -0.2) is 0 Å². The molecule has 1 aromatic heterocycles. The van der Waals surface area contributed by atoms with E-state index in [2.05, 4.69) is 23.5 Å². The number of aromatic nitrogens is 2. The Balaban J connectivity index is 1.82. The number of nitrogens with zero attached hydrogens (tertiary/aromatic N) is 2. The van der Waals surface area contributed by atoms with Crippen LogP contribution in [0.2, 0.25) is 0 Å². The summed E-state index contributed by atoms with van der Waals surface area (Å²) in [6, 6.07) is 0.509. The van der Waals surface area contributed by atoms with E-state index in [-0.39, 0.29) is 0 Å². The van der Waals surface area contributed by atoms with Crippen molar-refractivity contribution in [2.75, 3.05) is 7.11 Å². The third kappa shape index (κ3) is 2.62. The Morgan fingerprint density at radius 3 is 3.12 bits per heavy atom. The van der Waals surface area contributed by atoms with E-state index in [4.69, 9.17) is 4.74 Å². The topological polar surface area (TPSA) is 39.1 Å². The van der Waals surface area contributed by atoms with Crippen molar-refractivity contribution < 1.29 is 4.74 Å². The maximum atomic E-state index is 5.46. The first-order valence-corrected chi connectivity index (χ1v) is 6.11. The van der Waals surface area contributed by atoms with Crippen molar-refractivity contribution in [2.45, 2.75) is 51.4 Å². The van der Waals surface area contributed by atoms with Crippen LogP contribution >= 0.6 is 0 Å². The number of methoxy groups -OCH3 is 1. The molecular formula is C12H21N3O. The van der Waals surface area contributed by atoms with Crippen LogP contribution in [0.1, 0.15) is 31.7 Å². The van der Waals surface area contributed by atoms with Gasteiger partial charge in [-0.05, 0) is 26.2 Å².